The van der Waals surface area contributed by atoms with E-state index in [-0.39, 0.29) is 0 Å². The van der Waals surface area contributed by atoms with E-state index in [1.165, 1.54) is 24.0 Å². The quantitative estimate of drug-likeness (QED) is 0.868. The summed E-state index contributed by atoms with van der Waals surface area (Å²) in [5.74, 6) is 0. The van der Waals surface area contributed by atoms with Crippen LogP contribution in [0.4, 0.5) is 0 Å². The van der Waals surface area contributed by atoms with Crippen LogP contribution in [0.1, 0.15) is 43.4 Å². The first-order valence-electron chi connectivity index (χ1n) is 7.87. The van der Waals surface area contributed by atoms with Crippen molar-refractivity contribution in [2.45, 2.75) is 45.3 Å². The number of aryl methyl sites for hydroxylation is 1. The summed E-state index contributed by atoms with van der Waals surface area (Å²) in [5, 5.41) is 0. The predicted octanol–water partition coefficient (Wildman–Crippen LogP) is 2.89. The lowest BCUT2D eigenvalue weighted by Gasteiger charge is -2.38. The Labute approximate surface area is 123 Å². The SMILES string of the molecule is CCCOC1CCCN(C(CN)c2ccc(C)cc2)C1. The predicted molar refractivity (Wildman–Crippen MR) is 83.8 cm³/mol. The van der Waals surface area contributed by atoms with Crippen LogP contribution in [0.3, 0.4) is 0 Å². The van der Waals surface area contributed by atoms with Gasteiger partial charge in [0.1, 0.15) is 0 Å². The van der Waals surface area contributed by atoms with Crippen LogP contribution in [0.5, 0.6) is 0 Å². The van der Waals surface area contributed by atoms with E-state index in [1.807, 2.05) is 0 Å². The fraction of sp³-hybridized carbons (Fsp3) is 0.647. The van der Waals surface area contributed by atoms with E-state index in [9.17, 15) is 0 Å². The van der Waals surface area contributed by atoms with Gasteiger partial charge in [0.15, 0.2) is 0 Å². The van der Waals surface area contributed by atoms with Crippen LogP contribution in [0, 0.1) is 6.92 Å². The largest absolute Gasteiger partial charge is 0.377 e. The second kappa shape index (κ2) is 7.77. The molecule has 0 aliphatic carbocycles. The highest BCUT2D eigenvalue weighted by Gasteiger charge is 2.26. The minimum atomic E-state index is 0.323. The molecule has 2 N–H and O–H groups in total. The summed E-state index contributed by atoms with van der Waals surface area (Å²) in [7, 11) is 0. The molecule has 1 heterocycles. The standard InChI is InChI=1S/C17H28N2O/c1-3-11-20-16-5-4-10-19(13-16)17(12-18)15-8-6-14(2)7-9-15/h6-9,16-17H,3-5,10-13,18H2,1-2H3. The first-order chi connectivity index (χ1) is 9.74. The Hall–Kier alpha value is -0.900. The molecule has 0 spiro atoms. The van der Waals surface area contributed by atoms with E-state index in [4.69, 9.17) is 10.5 Å². The van der Waals surface area contributed by atoms with Crippen molar-refractivity contribution >= 4 is 0 Å². The molecule has 1 aromatic carbocycles. The molecule has 1 fully saturated rings. The van der Waals surface area contributed by atoms with Gasteiger partial charge in [-0.15, -0.1) is 0 Å². The number of hydrogen-bond acceptors (Lipinski definition) is 3. The van der Waals surface area contributed by atoms with E-state index >= 15 is 0 Å². The summed E-state index contributed by atoms with van der Waals surface area (Å²) < 4.78 is 5.93. The lowest BCUT2D eigenvalue weighted by atomic mass is 9.99. The molecular weight excluding hydrogens is 248 g/mol. The zero-order valence-corrected chi connectivity index (χ0v) is 12.8. The zero-order valence-electron chi connectivity index (χ0n) is 12.8. The first kappa shape index (κ1) is 15.5. The molecule has 1 aromatic rings. The maximum absolute atomic E-state index is 6.04. The Kier molecular flexibility index (Phi) is 6.02. The maximum Gasteiger partial charge on any atom is 0.0702 e. The number of hydrogen-bond donors (Lipinski definition) is 1. The summed E-state index contributed by atoms with van der Waals surface area (Å²) in [5.41, 5.74) is 8.66. The van der Waals surface area contributed by atoms with E-state index in [0.717, 1.165) is 26.1 Å². The molecule has 1 saturated heterocycles. The second-order valence-corrected chi connectivity index (χ2v) is 5.79. The maximum atomic E-state index is 6.04. The van der Waals surface area contributed by atoms with Crippen molar-refractivity contribution in [3.63, 3.8) is 0 Å². The summed E-state index contributed by atoms with van der Waals surface area (Å²) in [4.78, 5) is 2.49. The molecule has 0 bridgehead atoms. The molecule has 0 radical (unpaired) electrons. The Morgan fingerprint density at radius 3 is 2.75 bits per heavy atom. The average molecular weight is 276 g/mol. The van der Waals surface area contributed by atoms with Gasteiger partial charge >= 0.3 is 0 Å². The Balaban J connectivity index is 2.01. The highest BCUT2D eigenvalue weighted by Crippen LogP contribution is 2.25. The number of rotatable bonds is 6. The Morgan fingerprint density at radius 1 is 1.35 bits per heavy atom. The fourth-order valence-corrected chi connectivity index (χ4v) is 2.95. The molecule has 0 aromatic heterocycles. The Morgan fingerprint density at radius 2 is 2.10 bits per heavy atom. The van der Waals surface area contributed by atoms with E-state index in [0.29, 0.717) is 18.7 Å². The highest BCUT2D eigenvalue weighted by molar-refractivity contribution is 5.24. The van der Waals surface area contributed by atoms with E-state index in [1.54, 1.807) is 0 Å². The monoisotopic (exact) mass is 276 g/mol. The minimum absolute atomic E-state index is 0.323. The summed E-state index contributed by atoms with van der Waals surface area (Å²) in [6, 6.07) is 9.09. The molecule has 2 unspecified atom stereocenters. The minimum Gasteiger partial charge on any atom is -0.377 e. The van der Waals surface area contributed by atoms with Crippen molar-refractivity contribution in [2.75, 3.05) is 26.2 Å². The van der Waals surface area contributed by atoms with E-state index in [2.05, 4.69) is 43.0 Å². The Bertz CT molecular complexity index is 390. The number of nitrogens with two attached hydrogens (primary N) is 1. The van der Waals surface area contributed by atoms with E-state index < -0.39 is 0 Å². The molecule has 2 atom stereocenters. The number of piperidine rings is 1. The lowest BCUT2D eigenvalue weighted by Crippen LogP contribution is -2.44. The second-order valence-electron chi connectivity index (χ2n) is 5.79. The third kappa shape index (κ3) is 4.05. The van der Waals surface area contributed by atoms with Crippen molar-refractivity contribution in [1.82, 2.24) is 4.90 Å². The highest BCUT2D eigenvalue weighted by atomic mass is 16.5. The van der Waals surface area contributed by atoms with Crippen LogP contribution in [-0.4, -0.2) is 37.2 Å². The van der Waals surface area contributed by atoms with Gasteiger partial charge in [-0.1, -0.05) is 36.8 Å². The molecule has 3 nitrogen and oxygen atoms in total. The summed E-state index contributed by atoms with van der Waals surface area (Å²) in [6.45, 7) is 7.96. The number of likely N-dealkylation sites (tertiary alicyclic amines) is 1. The van der Waals surface area contributed by atoms with Crippen LogP contribution in [0.25, 0.3) is 0 Å². The molecular formula is C17H28N2O. The number of ether oxygens (including phenoxy) is 1. The summed E-state index contributed by atoms with van der Waals surface area (Å²) in [6.07, 6.45) is 3.86. The van der Waals surface area contributed by atoms with Gasteiger partial charge in [-0.2, -0.15) is 0 Å². The van der Waals surface area contributed by atoms with Gasteiger partial charge in [-0.3, -0.25) is 4.90 Å². The van der Waals surface area contributed by atoms with Crippen molar-refractivity contribution < 1.29 is 4.74 Å². The third-order valence-corrected chi connectivity index (χ3v) is 4.09. The summed E-state index contributed by atoms with van der Waals surface area (Å²) >= 11 is 0. The zero-order chi connectivity index (χ0) is 14.4. The van der Waals surface area contributed by atoms with Gasteiger partial charge in [0.25, 0.3) is 0 Å². The van der Waals surface area contributed by atoms with Crippen LogP contribution in [0.15, 0.2) is 24.3 Å². The van der Waals surface area contributed by atoms with Crippen molar-refractivity contribution in [3.05, 3.63) is 35.4 Å². The lowest BCUT2D eigenvalue weighted by molar-refractivity contribution is -0.0118. The molecule has 0 amide bonds. The van der Waals surface area contributed by atoms with Gasteiger partial charge in [-0.25, -0.2) is 0 Å². The molecule has 3 heteroatoms. The smallest absolute Gasteiger partial charge is 0.0702 e. The van der Waals surface area contributed by atoms with Gasteiger partial charge in [0, 0.05) is 25.7 Å². The molecule has 112 valence electrons. The van der Waals surface area contributed by atoms with Crippen molar-refractivity contribution in [3.8, 4) is 0 Å². The normalized spacial score (nSPS) is 21.9. The van der Waals surface area contributed by atoms with Crippen LogP contribution in [-0.2, 0) is 4.74 Å². The fourth-order valence-electron chi connectivity index (χ4n) is 2.95. The molecule has 1 aliphatic heterocycles. The number of nitrogens with zero attached hydrogens (tertiary/aromatic N) is 1. The van der Waals surface area contributed by atoms with Crippen LogP contribution >= 0.6 is 0 Å². The number of benzene rings is 1. The van der Waals surface area contributed by atoms with Gasteiger partial charge < -0.3 is 10.5 Å². The van der Waals surface area contributed by atoms with Crippen LogP contribution < -0.4 is 5.73 Å². The van der Waals surface area contributed by atoms with Crippen LogP contribution in [0.2, 0.25) is 0 Å². The van der Waals surface area contributed by atoms with Gasteiger partial charge in [0.05, 0.1) is 6.10 Å². The van der Waals surface area contributed by atoms with Gasteiger partial charge in [-0.05, 0) is 38.3 Å². The topological polar surface area (TPSA) is 38.5 Å². The van der Waals surface area contributed by atoms with Gasteiger partial charge in [0.2, 0.25) is 0 Å². The van der Waals surface area contributed by atoms with Crippen molar-refractivity contribution in [2.24, 2.45) is 5.73 Å². The molecule has 0 saturated carbocycles. The average Bonchev–Trinajstić information content (AvgIpc) is 2.48. The molecule has 20 heavy (non-hydrogen) atoms. The third-order valence-electron chi connectivity index (χ3n) is 4.09. The van der Waals surface area contributed by atoms with Crippen molar-refractivity contribution in [1.29, 1.82) is 0 Å². The molecule has 1 aliphatic rings. The first-order valence-corrected chi connectivity index (χ1v) is 7.87. The molecule has 2 rings (SSSR count).